The maximum Gasteiger partial charge on any atom is 0.227 e. The molecule has 0 bridgehead atoms. The fourth-order valence-electron chi connectivity index (χ4n) is 3.01. The Hall–Kier alpha value is -0.850. The van der Waals surface area contributed by atoms with Gasteiger partial charge in [-0.25, -0.2) is 0 Å². The van der Waals surface area contributed by atoms with Gasteiger partial charge in [-0.05, 0) is 19.4 Å². The van der Waals surface area contributed by atoms with Gasteiger partial charge >= 0.3 is 0 Å². The molecule has 1 heterocycles. The highest BCUT2D eigenvalue weighted by molar-refractivity contribution is 5.85. The molecule has 0 radical (unpaired) electrons. The molecule has 1 aliphatic heterocycles. The molecule has 1 fully saturated rings. The van der Waals surface area contributed by atoms with Gasteiger partial charge in [-0.2, -0.15) is 0 Å². The standard InChI is InChI=1S/C19H31N3O2.2ClH/c1-15(2)24-14-13-21-9-11-22(12-10-21)19(23)16(3)18(20)17-7-5-4-6-8-17;;/h4-8,15-16,18H,9-14,20H2,1-3H3;2*1H. The molecule has 2 unspecified atom stereocenters. The molecule has 5 nitrogen and oxygen atoms in total. The Morgan fingerprint density at radius 1 is 1.08 bits per heavy atom. The van der Waals surface area contributed by atoms with E-state index in [0.29, 0.717) is 0 Å². The van der Waals surface area contributed by atoms with Gasteiger partial charge in [0.05, 0.1) is 18.6 Å². The lowest BCUT2D eigenvalue weighted by Gasteiger charge is -2.36. The van der Waals surface area contributed by atoms with Crippen LogP contribution in [0.1, 0.15) is 32.4 Å². The molecule has 2 N–H and O–H groups in total. The van der Waals surface area contributed by atoms with E-state index < -0.39 is 0 Å². The van der Waals surface area contributed by atoms with Crippen LogP contribution in [0.3, 0.4) is 0 Å². The maximum atomic E-state index is 12.7. The van der Waals surface area contributed by atoms with E-state index in [1.54, 1.807) is 0 Å². The van der Waals surface area contributed by atoms with E-state index in [1.165, 1.54) is 0 Å². The molecule has 2 rings (SSSR count). The van der Waals surface area contributed by atoms with Crippen molar-refractivity contribution in [1.29, 1.82) is 0 Å². The first-order valence-electron chi connectivity index (χ1n) is 8.92. The molecule has 1 aromatic carbocycles. The minimum Gasteiger partial charge on any atom is -0.377 e. The van der Waals surface area contributed by atoms with Crippen molar-refractivity contribution in [1.82, 2.24) is 9.80 Å². The van der Waals surface area contributed by atoms with Crippen molar-refractivity contribution < 1.29 is 9.53 Å². The molecular formula is C19H33Cl2N3O2. The van der Waals surface area contributed by atoms with Crippen molar-refractivity contribution in [3.05, 3.63) is 35.9 Å². The first kappa shape index (κ1) is 25.1. The van der Waals surface area contributed by atoms with Gasteiger partial charge in [-0.3, -0.25) is 9.69 Å². The van der Waals surface area contributed by atoms with Crippen molar-refractivity contribution in [2.75, 3.05) is 39.3 Å². The minimum absolute atomic E-state index is 0. The third-order valence-corrected chi connectivity index (χ3v) is 4.66. The highest BCUT2D eigenvalue weighted by atomic mass is 35.5. The van der Waals surface area contributed by atoms with Crippen LogP contribution < -0.4 is 5.73 Å². The average molecular weight is 406 g/mol. The fourth-order valence-corrected chi connectivity index (χ4v) is 3.01. The largest absolute Gasteiger partial charge is 0.377 e. The Labute approximate surface area is 170 Å². The first-order chi connectivity index (χ1) is 11.5. The molecule has 150 valence electrons. The van der Waals surface area contributed by atoms with Crippen molar-refractivity contribution in [3.8, 4) is 0 Å². The normalized spacial score (nSPS) is 17.2. The summed E-state index contributed by atoms with van der Waals surface area (Å²) in [5, 5.41) is 0. The Balaban J connectivity index is 0.00000312. The summed E-state index contributed by atoms with van der Waals surface area (Å²) in [6.45, 7) is 11.1. The van der Waals surface area contributed by atoms with E-state index in [2.05, 4.69) is 4.90 Å². The van der Waals surface area contributed by atoms with E-state index in [-0.39, 0.29) is 48.8 Å². The average Bonchev–Trinajstić information content (AvgIpc) is 2.61. The number of benzene rings is 1. The second kappa shape index (κ2) is 12.5. The summed E-state index contributed by atoms with van der Waals surface area (Å²) in [5.74, 6) is -0.0485. The highest BCUT2D eigenvalue weighted by Gasteiger charge is 2.28. The van der Waals surface area contributed by atoms with Gasteiger partial charge in [-0.1, -0.05) is 37.3 Å². The summed E-state index contributed by atoms with van der Waals surface area (Å²) < 4.78 is 5.60. The second-order valence-corrected chi connectivity index (χ2v) is 6.81. The lowest BCUT2D eigenvalue weighted by atomic mass is 9.94. The monoisotopic (exact) mass is 405 g/mol. The summed E-state index contributed by atoms with van der Waals surface area (Å²) in [7, 11) is 0. The van der Waals surface area contributed by atoms with Gasteiger partial charge in [0.2, 0.25) is 5.91 Å². The number of carbonyl (C=O) groups excluding carboxylic acids is 1. The van der Waals surface area contributed by atoms with Gasteiger partial charge in [-0.15, -0.1) is 24.8 Å². The van der Waals surface area contributed by atoms with E-state index in [0.717, 1.165) is 44.9 Å². The number of hydrogen-bond donors (Lipinski definition) is 1. The molecule has 2 atom stereocenters. The van der Waals surface area contributed by atoms with Gasteiger partial charge in [0.1, 0.15) is 0 Å². The lowest BCUT2D eigenvalue weighted by Crippen LogP contribution is -2.51. The molecule has 0 spiro atoms. The molecule has 0 aromatic heterocycles. The van der Waals surface area contributed by atoms with Gasteiger partial charge < -0.3 is 15.4 Å². The smallest absolute Gasteiger partial charge is 0.227 e. The maximum absolute atomic E-state index is 12.7. The number of nitrogens with two attached hydrogens (primary N) is 1. The van der Waals surface area contributed by atoms with Gasteiger partial charge in [0.25, 0.3) is 0 Å². The van der Waals surface area contributed by atoms with Crippen molar-refractivity contribution in [3.63, 3.8) is 0 Å². The van der Waals surface area contributed by atoms with Crippen LogP contribution in [0, 0.1) is 5.92 Å². The predicted molar refractivity (Wildman–Crippen MR) is 111 cm³/mol. The van der Waals surface area contributed by atoms with Crippen molar-refractivity contribution >= 4 is 30.7 Å². The van der Waals surface area contributed by atoms with E-state index in [4.69, 9.17) is 10.5 Å². The van der Waals surface area contributed by atoms with Crippen LogP contribution in [0.15, 0.2) is 30.3 Å². The quantitative estimate of drug-likeness (QED) is 0.757. The van der Waals surface area contributed by atoms with E-state index in [9.17, 15) is 4.79 Å². The summed E-state index contributed by atoms with van der Waals surface area (Å²) in [6, 6.07) is 9.61. The summed E-state index contributed by atoms with van der Waals surface area (Å²) >= 11 is 0. The number of amides is 1. The van der Waals surface area contributed by atoms with Gasteiger partial charge in [0, 0.05) is 38.8 Å². The SMILES string of the molecule is CC(C)OCCN1CCN(C(=O)C(C)C(N)c2ccccc2)CC1.Cl.Cl. The highest BCUT2D eigenvalue weighted by Crippen LogP contribution is 2.21. The van der Waals surface area contributed by atoms with E-state index in [1.807, 2.05) is 56.0 Å². The molecule has 26 heavy (non-hydrogen) atoms. The molecule has 7 heteroatoms. The number of ether oxygens (including phenoxy) is 1. The predicted octanol–water partition coefficient (Wildman–Crippen LogP) is 2.74. The van der Waals surface area contributed by atoms with Gasteiger partial charge in [0.15, 0.2) is 0 Å². The Bertz CT molecular complexity index is 509. The number of nitrogens with zero attached hydrogens (tertiary/aromatic N) is 2. The Morgan fingerprint density at radius 3 is 2.19 bits per heavy atom. The van der Waals surface area contributed by atoms with Crippen LogP contribution in [-0.4, -0.2) is 61.1 Å². The zero-order chi connectivity index (χ0) is 17.5. The lowest BCUT2D eigenvalue weighted by molar-refractivity contribution is -0.137. The molecule has 0 aliphatic carbocycles. The van der Waals surface area contributed by atoms with E-state index >= 15 is 0 Å². The van der Waals surface area contributed by atoms with Crippen molar-refractivity contribution in [2.24, 2.45) is 11.7 Å². The molecule has 0 saturated carbocycles. The Morgan fingerprint density at radius 2 is 1.65 bits per heavy atom. The zero-order valence-electron chi connectivity index (χ0n) is 16.0. The summed E-state index contributed by atoms with van der Waals surface area (Å²) in [5.41, 5.74) is 7.31. The molecule has 1 saturated heterocycles. The van der Waals surface area contributed by atoms with Crippen molar-refractivity contribution in [2.45, 2.75) is 32.9 Å². The fraction of sp³-hybridized carbons (Fsp3) is 0.632. The first-order valence-corrected chi connectivity index (χ1v) is 8.92. The molecular weight excluding hydrogens is 373 g/mol. The number of halogens is 2. The minimum atomic E-state index is -0.254. The zero-order valence-corrected chi connectivity index (χ0v) is 17.6. The number of carbonyl (C=O) groups is 1. The molecule has 1 amide bonds. The number of piperazine rings is 1. The third kappa shape index (κ3) is 7.41. The van der Waals surface area contributed by atoms with Crippen LogP contribution in [0.25, 0.3) is 0 Å². The molecule has 1 aliphatic rings. The van der Waals surface area contributed by atoms with Crippen LogP contribution in [0.4, 0.5) is 0 Å². The Kier molecular flexibility index (Phi) is 12.1. The third-order valence-electron chi connectivity index (χ3n) is 4.66. The number of rotatable bonds is 7. The topological polar surface area (TPSA) is 58.8 Å². The summed E-state index contributed by atoms with van der Waals surface area (Å²) in [6.07, 6.45) is 0.271. The number of hydrogen-bond acceptors (Lipinski definition) is 4. The van der Waals surface area contributed by atoms with Crippen LogP contribution >= 0.6 is 24.8 Å². The summed E-state index contributed by atoms with van der Waals surface area (Å²) in [4.78, 5) is 17.0. The second-order valence-electron chi connectivity index (χ2n) is 6.81. The van der Waals surface area contributed by atoms with Crippen LogP contribution in [0.2, 0.25) is 0 Å². The molecule has 1 aromatic rings. The van der Waals surface area contributed by atoms with Crippen LogP contribution in [-0.2, 0) is 9.53 Å². The van der Waals surface area contributed by atoms with Crippen LogP contribution in [0.5, 0.6) is 0 Å².